The Hall–Kier alpha value is -1.96. The highest BCUT2D eigenvalue weighted by Crippen LogP contribution is 2.34. The van der Waals surface area contributed by atoms with Gasteiger partial charge in [-0.3, -0.25) is 0 Å². The van der Waals surface area contributed by atoms with E-state index < -0.39 is 0 Å². The Balaban J connectivity index is 2.48. The van der Waals surface area contributed by atoms with Crippen molar-refractivity contribution in [1.29, 1.82) is 0 Å². The summed E-state index contributed by atoms with van der Waals surface area (Å²) in [7, 11) is 3.35. The first-order chi connectivity index (χ1) is 9.56. The lowest BCUT2D eigenvalue weighted by atomic mass is 9.94. The second kappa shape index (κ2) is 6.00. The predicted octanol–water partition coefficient (Wildman–Crippen LogP) is 4.80. The molecule has 0 radical (unpaired) electrons. The summed E-state index contributed by atoms with van der Waals surface area (Å²) in [6, 6.07) is 12.5. The van der Waals surface area contributed by atoms with E-state index in [9.17, 15) is 0 Å². The van der Waals surface area contributed by atoms with Gasteiger partial charge < -0.3 is 9.47 Å². The molecule has 0 heterocycles. The molecule has 20 heavy (non-hydrogen) atoms. The number of hydrogen-bond donors (Lipinski definition) is 0. The Kier molecular flexibility index (Phi) is 4.33. The zero-order valence-electron chi connectivity index (χ0n) is 12.9. The maximum absolute atomic E-state index is 5.48. The van der Waals surface area contributed by atoms with Crippen molar-refractivity contribution in [3.63, 3.8) is 0 Å². The van der Waals surface area contributed by atoms with E-state index in [1.54, 1.807) is 14.2 Å². The molecule has 0 saturated heterocycles. The van der Waals surface area contributed by atoms with Crippen LogP contribution in [0.5, 0.6) is 11.5 Å². The van der Waals surface area contributed by atoms with Gasteiger partial charge in [-0.05, 0) is 41.7 Å². The van der Waals surface area contributed by atoms with E-state index in [0.717, 1.165) is 17.1 Å². The van der Waals surface area contributed by atoms with Crippen LogP contribution in [-0.4, -0.2) is 14.2 Å². The molecule has 0 fully saturated rings. The van der Waals surface area contributed by atoms with Crippen molar-refractivity contribution < 1.29 is 9.47 Å². The fraction of sp³-hybridized carbons (Fsp3) is 0.333. The summed E-state index contributed by atoms with van der Waals surface area (Å²) < 4.78 is 10.7. The third kappa shape index (κ3) is 2.79. The highest BCUT2D eigenvalue weighted by Gasteiger charge is 2.10. The van der Waals surface area contributed by atoms with Crippen molar-refractivity contribution in [2.24, 2.45) is 0 Å². The molecule has 2 aromatic carbocycles. The van der Waals surface area contributed by atoms with Crippen molar-refractivity contribution in [2.45, 2.75) is 26.7 Å². The summed E-state index contributed by atoms with van der Waals surface area (Å²) in [5.74, 6) is 2.18. The first-order valence-electron chi connectivity index (χ1n) is 6.89. The average molecular weight is 270 g/mol. The van der Waals surface area contributed by atoms with E-state index in [4.69, 9.17) is 9.47 Å². The molecule has 2 rings (SSSR count). The van der Waals surface area contributed by atoms with E-state index in [1.165, 1.54) is 16.7 Å². The van der Waals surface area contributed by atoms with Crippen LogP contribution in [0.25, 0.3) is 11.1 Å². The van der Waals surface area contributed by atoms with Gasteiger partial charge in [0.1, 0.15) is 11.5 Å². The first-order valence-corrected chi connectivity index (χ1v) is 6.89. The Morgan fingerprint density at radius 3 is 2.20 bits per heavy atom. The lowest BCUT2D eigenvalue weighted by Gasteiger charge is -2.14. The summed E-state index contributed by atoms with van der Waals surface area (Å²) in [5, 5.41) is 0. The van der Waals surface area contributed by atoms with E-state index in [1.807, 2.05) is 18.2 Å². The minimum atomic E-state index is 0.543. The SMILES string of the molecule is COc1ccc(-c2ccc(C(C)C)c(C)c2)c(OC)c1. The van der Waals surface area contributed by atoms with Crippen LogP contribution >= 0.6 is 0 Å². The largest absolute Gasteiger partial charge is 0.497 e. The van der Waals surface area contributed by atoms with Crippen LogP contribution in [0.2, 0.25) is 0 Å². The Morgan fingerprint density at radius 1 is 0.900 bits per heavy atom. The molecule has 0 aliphatic heterocycles. The normalized spacial score (nSPS) is 10.7. The monoisotopic (exact) mass is 270 g/mol. The second-order valence-corrected chi connectivity index (χ2v) is 5.29. The fourth-order valence-electron chi connectivity index (χ4n) is 2.53. The molecule has 0 aromatic heterocycles. The minimum Gasteiger partial charge on any atom is -0.497 e. The van der Waals surface area contributed by atoms with Crippen LogP contribution in [0.1, 0.15) is 30.9 Å². The standard InChI is InChI=1S/C18H22O2/c1-12(2)16-8-6-14(10-13(16)3)17-9-7-15(19-4)11-18(17)20-5/h6-12H,1-5H3. The molecule has 0 aliphatic rings. The summed E-state index contributed by atoms with van der Waals surface area (Å²) in [6.07, 6.45) is 0. The number of rotatable bonds is 4. The van der Waals surface area contributed by atoms with Gasteiger partial charge in [-0.25, -0.2) is 0 Å². The lowest BCUT2D eigenvalue weighted by Crippen LogP contribution is -1.94. The van der Waals surface area contributed by atoms with Crippen molar-refractivity contribution in [2.75, 3.05) is 14.2 Å². The van der Waals surface area contributed by atoms with E-state index in [2.05, 4.69) is 39.0 Å². The number of methoxy groups -OCH3 is 2. The number of ether oxygens (including phenoxy) is 2. The topological polar surface area (TPSA) is 18.5 Å². The molecule has 0 spiro atoms. The molecule has 0 amide bonds. The van der Waals surface area contributed by atoms with Crippen LogP contribution in [0.3, 0.4) is 0 Å². The smallest absolute Gasteiger partial charge is 0.130 e. The summed E-state index contributed by atoms with van der Waals surface area (Å²) in [6.45, 7) is 6.60. The van der Waals surface area contributed by atoms with Crippen LogP contribution in [-0.2, 0) is 0 Å². The van der Waals surface area contributed by atoms with Gasteiger partial charge in [0.25, 0.3) is 0 Å². The minimum absolute atomic E-state index is 0.543. The molecule has 0 N–H and O–H groups in total. The molecule has 0 saturated carbocycles. The molecule has 0 unspecified atom stereocenters. The molecular weight excluding hydrogens is 248 g/mol. The van der Waals surface area contributed by atoms with Gasteiger partial charge in [-0.1, -0.05) is 32.0 Å². The quantitative estimate of drug-likeness (QED) is 0.794. The van der Waals surface area contributed by atoms with Gasteiger partial charge in [-0.2, -0.15) is 0 Å². The van der Waals surface area contributed by atoms with E-state index in [-0.39, 0.29) is 0 Å². The Labute approximate surface area is 121 Å². The van der Waals surface area contributed by atoms with Crippen molar-refractivity contribution in [3.8, 4) is 22.6 Å². The maximum atomic E-state index is 5.48. The molecule has 2 nitrogen and oxygen atoms in total. The van der Waals surface area contributed by atoms with Gasteiger partial charge in [0.05, 0.1) is 14.2 Å². The van der Waals surface area contributed by atoms with Crippen molar-refractivity contribution in [3.05, 3.63) is 47.5 Å². The highest BCUT2D eigenvalue weighted by atomic mass is 16.5. The van der Waals surface area contributed by atoms with Crippen molar-refractivity contribution >= 4 is 0 Å². The second-order valence-electron chi connectivity index (χ2n) is 5.29. The average Bonchev–Trinajstić information content (AvgIpc) is 2.46. The van der Waals surface area contributed by atoms with E-state index >= 15 is 0 Å². The Bertz CT molecular complexity index is 600. The van der Waals surface area contributed by atoms with E-state index in [0.29, 0.717) is 5.92 Å². The third-order valence-corrected chi connectivity index (χ3v) is 3.61. The molecular formula is C18H22O2. The zero-order chi connectivity index (χ0) is 14.7. The molecule has 0 bridgehead atoms. The summed E-state index contributed by atoms with van der Waals surface area (Å²) >= 11 is 0. The predicted molar refractivity (Wildman–Crippen MR) is 83.8 cm³/mol. The molecule has 0 aliphatic carbocycles. The Morgan fingerprint density at radius 2 is 1.65 bits per heavy atom. The van der Waals surface area contributed by atoms with Crippen LogP contribution < -0.4 is 9.47 Å². The number of hydrogen-bond acceptors (Lipinski definition) is 2. The maximum Gasteiger partial charge on any atom is 0.130 e. The summed E-state index contributed by atoms with van der Waals surface area (Å²) in [5.41, 5.74) is 4.97. The van der Waals surface area contributed by atoms with Crippen molar-refractivity contribution in [1.82, 2.24) is 0 Å². The summed E-state index contributed by atoms with van der Waals surface area (Å²) in [4.78, 5) is 0. The van der Waals surface area contributed by atoms with Crippen LogP contribution in [0.4, 0.5) is 0 Å². The van der Waals surface area contributed by atoms with Gasteiger partial charge in [0.2, 0.25) is 0 Å². The molecule has 0 atom stereocenters. The molecule has 2 heteroatoms. The van der Waals surface area contributed by atoms with Gasteiger partial charge in [0.15, 0.2) is 0 Å². The number of benzene rings is 2. The van der Waals surface area contributed by atoms with Gasteiger partial charge >= 0.3 is 0 Å². The fourth-order valence-corrected chi connectivity index (χ4v) is 2.53. The lowest BCUT2D eigenvalue weighted by molar-refractivity contribution is 0.395. The van der Waals surface area contributed by atoms with Gasteiger partial charge in [0, 0.05) is 11.6 Å². The number of aryl methyl sites for hydroxylation is 1. The molecule has 106 valence electrons. The van der Waals surface area contributed by atoms with Gasteiger partial charge in [-0.15, -0.1) is 0 Å². The first kappa shape index (κ1) is 14.4. The third-order valence-electron chi connectivity index (χ3n) is 3.61. The zero-order valence-corrected chi connectivity index (χ0v) is 12.9. The highest BCUT2D eigenvalue weighted by molar-refractivity contribution is 5.72. The van der Waals surface area contributed by atoms with Crippen LogP contribution in [0, 0.1) is 6.92 Å². The van der Waals surface area contributed by atoms with Crippen LogP contribution in [0.15, 0.2) is 36.4 Å². The molecule has 2 aromatic rings.